The third-order valence-corrected chi connectivity index (χ3v) is 6.43. The molecule has 1 fully saturated rings. The first-order valence-corrected chi connectivity index (χ1v) is 11.0. The van der Waals surface area contributed by atoms with Gasteiger partial charge in [0.05, 0.1) is 11.4 Å². The van der Waals surface area contributed by atoms with Crippen molar-refractivity contribution in [3.8, 4) is 5.69 Å². The molecule has 2 aliphatic rings. The summed E-state index contributed by atoms with van der Waals surface area (Å²) in [6.45, 7) is 5.49. The van der Waals surface area contributed by atoms with Gasteiger partial charge in [-0.15, -0.1) is 0 Å². The van der Waals surface area contributed by atoms with Crippen LogP contribution < -0.4 is 5.32 Å². The number of carbonyl (C=O) groups excluding carboxylic acids is 2. The largest absolute Gasteiger partial charge is 0.334 e. The monoisotopic (exact) mass is 418 g/mol. The number of likely N-dealkylation sites (tertiary alicyclic amines) is 1. The van der Waals surface area contributed by atoms with Crippen molar-refractivity contribution in [3.63, 3.8) is 0 Å². The smallest absolute Gasteiger partial charge is 0.315 e. The number of thioether (sulfide) groups is 1. The lowest BCUT2D eigenvalue weighted by Crippen LogP contribution is -2.47. The predicted octanol–water partition coefficient (Wildman–Crippen LogP) is 3.72. The molecule has 8 heteroatoms. The molecular weight excluding hydrogens is 396 g/mol. The summed E-state index contributed by atoms with van der Waals surface area (Å²) in [7, 11) is 0. The van der Waals surface area contributed by atoms with Gasteiger partial charge in [0.25, 0.3) is 0 Å². The summed E-state index contributed by atoms with van der Waals surface area (Å²) in [6, 6.07) is 7.27. The lowest BCUT2D eigenvalue weighted by Gasteiger charge is -2.34. The van der Waals surface area contributed by atoms with Gasteiger partial charge in [-0.2, -0.15) is 16.9 Å². The Morgan fingerprint density at radius 1 is 1.14 bits per heavy atom. The zero-order chi connectivity index (χ0) is 19.8. The highest BCUT2D eigenvalue weighted by Gasteiger charge is 2.31. The first-order valence-electron chi connectivity index (χ1n) is 9.47. The average Bonchev–Trinajstić information content (AvgIpc) is 3.23. The minimum atomic E-state index is -0.601. The third kappa shape index (κ3) is 3.78. The van der Waals surface area contributed by atoms with Crippen molar-refractivity contribution in [2.45, 2.75) is 31.8 Å². The fourth-order valence-corrected chi connectivity index (χ4v) is 5.20. The second-order valence-electron chi connectivity index (χ2n) is 7.77. The van der Waals surface area contributed by atoms with E-state index in [1.165, 1.54) is 0 Å². The standard InChI is InChI=1S/C20H23ClN4O2S/c1-12-7-13(2)9-24(8-12)20(27)19(26)22-18-16-10-28-11-17(16)23-25(18)15-5-3-14(21)4-6-15/h3-6,12-13H,7-11H2,1-2H3,(H,22,26)/t12-,13-/m1/s1. The van der Waals surface area contributed by atoms with Crippen molar-refractivity contribution >= 4 is 41.0 Å². The van der Waals surface area contributed by atoms with Crippen LogP contribution >= 0.6 is 23.4 Å². The molecule has 0 bridgehead atoms. The fourth-order valence-electron chi connectivity index (χ4n) is 4.04. The molecule has 6 nitrogen and oxygen atoms in total. The van der Waals surface area contributed by atoms with E-state index in [1.807, 2.05) is 12.1 Å². The molecule has 0 spiro atoms. The molecule has 148 valence electrons. The van der Waals surface area contributed by atoms with Crippen molar-refractivity contribution in [2.75, 3.05) is 18.4 Å². The normalized spacial score (nSPS) is 21.5. The van der Waals surface area contributed by atoms with Crippen LogP contribution in [0.25, 0.3) is 5.69 Å². The zero-order valence-electron chi connectivity index (χ0n) is 15.9. The number of benzene rings is 1. The first kappa shape index (κ1) is 19.3. The zero-order valence-corrected chi connectivity index (χ0v) is 17.5. The van der Waals surface area contributed by atoms with Crippen LogP contribution in [0.5, 0.6) is 0 Å². The number of hydrogen-bond acceptors (Lipinski definition) is 4. The number of aromatic nitrogens is 2. The highest BCUT2D eigenvalue weighted by atomic mass is 35.5. The first-order chi connectivity index (χ1) is 13.4. The Hall–Kier alpha value is -1.99. The Morgan fingerprint density at radius 2 is 1.82 bits per heavy atom. The molecule has 2 aliphatic heterocycles. The van der Waals surface area contributed by atoms with E-state index in [1.54, 1.807) is 33.5 Å². The third-order valence-electron chi connectivity index (χ3n) is 5.21. The maximum atomic E-state index is 12.8. The van der Waals surface area contributed by atoms with E-state index in [0.29, 0.717) is 35.8 Å². The molecule has 1 aromatic carbocycles. The number of rotatable bonds is 2. The molecule has 3 heterocycles. The fraction of sp³-hybridized carbons (Fsp3) is 0.450. The van der Waals surface area contributed by atoms with E-state index in [0.717, 1.165) is 34.9 Å². The van der Waals surface area contributed by atoms with Crippen molar-refractivity contribution < 1.29 is 9.59 Å². The summed E-state index contributed by atoms with van der Waals surface area (Å²) in [5, 5.41) is 8.14. The Labute approximate surface area is 173 Å². The van der Waals surface area contributed by atoms with Crippen LogP contribution in [0.4, 0.5) is 5.82 Å². The Balaban J connectivity index is 1.59. The van der Waals surface area contributed by atoms with Gasteiger partial charge in [-0.3, -0.25) is 9.59 Å². The molecular formula is C20H23ClN4O2S. The maximum Gasteiger partial charge on any atom is 0.315 e. The number of halogens is 1. The second-order valence-corrected chi connectivity index (χ2v) is 9.19. The molecule has 2 aromatic rings. The molecule has 1 N–H and O–H groups in total. The van der Waals surface area contributed by atoms with Crippen LogP contribution in [0, 0.1) is 11.8 Å². The van der Waals surface area contributed by atoms with E-state index in [2.05, 4.69) is 24.3 Å². The molecule has 4 rings (SSSR count). The van der Waals surface area contributed by atoms with Gasteiger partial charge in [-0.1, -0.05) is 25.4 Å². The van der Waals surface area contributed by atoms with Gasteiger partial charge in [0.1, 0.15) is 5.82 Å². The van der Waals surface area contributed by atoms with E-state index >= 15 is 0 Å². The summed E-state index contributed by atoms with van der Waals surface area (Å²) in [5.74, 6) is 1.89. The average molecular weight is 419 g/mol. The van der Waals surface area contributed by atoms with Gasteiger partial charge < -0.3 is 10.2 Å². The second kappa shape index (κ2) is 7.79. The highest BCUT2D eigenvalue weighted by Crippen LogP contribution is 2.36. The van der Waals surface area contributed by atoms with Crippen molar-refractivity contribution in [2.24, 2.45) is 11.8 Å². The molecule has 0 saturated carbocycles. The number of anilines is 1. The van der Waals surface area contributed by atoms with E-state index < -0.39 is 11.8 Å². The van der Waals surface area contributed by atoms with Crippen LogP contribution in [-0.4, -0.2) is 39.6 Å². The summed E-state index contributed by atoms with van der Waals surface area (Å²) in [5.41, 5.74) is 2.73. The number of nitrogens with zero attached hydrogens (tertiary/aromatic N) is 3. The van der Waals surface area contributed by atoms with Crippen LogP contribution in [0.2, 0.25) is 5.02 Å². The molecule has 0 aliphatic carbocycles. The molecule has 0 radical (unpaired) electrons. The minimum Gasteiger partial charge on any atom is -0.334 e. The Morgan fingerprint density at radius 3 is 2.50 bits per heavy atom. The number of carbonyl (C=O) groups is 2. The van der Waals surface area contributed by atoms with E-state index in [-0.39, 0.29) is 0 Å². The number of hydrogen-bond donors (Lipinski definition) is 1. The molecule has 2 amide bonds. The Kier molecular flexibility index (Phi) is 5.38. The van der Waals surface area contributed by atoms with Gasteiger partial charge in [0.2, 0.25) is 0 Å². The van der Waals surface area contributed by atoms with Crippen molar-refractivity contribution in [1.82, 2.24) is 14.7 Å². The molecule has 1 saturated heterocycles. The number of piperidine rings is 1. The van der Waals surface area contributed by atoms with E-state index in [4.69, 9.17) is 11.6 Å². The number of amides is 2. The van der Waals surface area contributed by atoms with Gasteiger partial charge in [-0.25, -0.2) is 4.68 Å². The summed E-state index contributed by atoms with van der Waals surface area (Å²) in [6.07, 6.45) is 1.08. The topological polar surface area (TPSA) is 67.2 Å². The molecule has 2 atom stereocenters. The number of fused-ring (bicyclic) bond motifs is 1. The Bertz CT molecular complexity index is 902. The van der Waals surface area contributed by atoms with E-state index in [9.17, 15) is 9.59 Å². The predicted molar refractivity (Wildman–Crippen MR) is 112 cm³/mol. The van der Waals surface area contributed by atoms with Crippen molar-refractivity contribution in [3.05, 3.63) is 40.5 Å². The van der Waals surface area contributed by atoms with Crippen LogP contribution in [0.3, 0.4) is 0 Å². The lowest BCUT2D eigenvalue weighted by atomic mass is 9.92. The molecule has 1 aromatic heterocycles. The minimum absolute atomic E-state index is 0.403. The summed E-state index contributed by atoms with van der Waals surface area (Å²) >= 11 is 7.75. The summed E-state index contributed by atoms with van der Waals surface area (Å²) < 4.78 is 1.70. The van der Waals surface area contributed by atoms with Crippen molar-refractivity contribution in [1.29, 1.82) is 0 Å². The van der Waals surface area contributed by atoms with Gasteiger partial charge in [-0.05, 0) is 42.5 Å². The molecule has 0 unspecified atom stereocenters. The maximum absolute atomic E-state index is 12.8. The van der Waals surface area contributed by atoms with Gasteiger partial charge in [0, 0.05) is 35.2 Å². The number of nitrogens with one attached hydrogen (secondary N) is 1. The molecule has 28 heavy (non-hydrogen) atoms. The van der Waals surface area contributed by atoms with Gasteiger partial charge in [0.15, 0.2) is 0 Å². The van der Waals surface area contributed by atoms with Crippen LogP contribution in [0.15, 0.2) is 24.3 Å². The van der Waals surface area contributed by atoms with Crippen LogP contribution in [0.1, 0.15) is 31.5 Å². The lowest BCUT2D eigenvalue weighted by molar-refractivity contribution is -0.145. The SMILES string of the molecule is C[C@@H]1C[C@@H](C)CN(C(=O)C(=O)Nc2c3c(nn2-c2ccc(Cl)cc2)CSC3)C1. The quantitative estimate of drug-likeness (QED) is 0.755. The summed E-state index contributed by atoms with van der Waals surface area (Å²) in [4.78, 5) is 27.2. The van der Waals surface area contributed by atoms with Gasteiger partial charge >= 0.3 is 11.8 Å². The van der Waals surface area contributed by atoms with Crippen LogP contribution in [-0.2, 0) is 21.1 Å². The highest BCUT2D eigenvalue weighted by molar-refractivity contribution is 7.98.